The number of hydrogen-bond acceptors (Lipinski definition) is 3. The van der Waals surface area contributed by atoms with Crippen LogP contribution in [-0.2, 0) is 24.2 Å². The third-order valence-electron chi connectivity index (χ3n) is 4.90. The van der Waals surface area contributed by atoms with Gasteiger partial charge < -0.3 is 15.7 Å². The molecule has 0 spiro atoms. The Morgan fingerprint density at radius 3 is 2.52 bits per heavy atom. The second-order valence-corrected chi connectivity index (χ2v) is 6.36. The maximum atomic E-state index is 12.6. The summed E-state index contributed by atoms with van der Waals surface area (Å²) in [5.41, 5.74) is 4.62. The first-order chi connectivity index (χ1) is 11.2. The molecule has 0 radical (unpaired) electrons. The molecule has 0 bridgehead atoms. The Morgan fingerprint density at radius 2 is 1.70 bits per heavy atom. The van der Waals surface area contributed by atoms with Gasteiger partial charge in [-0.05, 0) is 28.7 Å². The number of fused-ring (bicyclic) bond motifs is 2. The first-order valence-corrected chi connectivity index (χ1v) is 8.09. The summed E-state index contributed by atoms with van der Waals surface area (Å²) in [6, 6.07) is 15.6. The van der Waals surface area contributed by atoms with Gasteiger partial charge in [0, 0.05) is 13.0 Å². The Morgan fingerprint density at radius 1 is 1.00 bits per heavy atom. The van der Waals surface area contributed by atoms with E-state index in [4.69, 9.17) is 0 Å². The van der Waals surface area contributed by atoms with Crippen molar-refractivity contribution in [2.24, 2.45) is 0 Å². The summed E-state index contributed by atoms with van der Waals surface area (Å²) in [6.45, 7) is 0.706. The minimum atomic E-state index is -0.549. The lowest BCUT2D eigenvalue weighted by Gasteiger charge is -2.27. The van der Waals surface area contributed by atoms with Gasteiger partial charge in [0.05, 0.1) is 18.2 Å². The number of nitrogens with one attached hydrogen (secondary N) is 2. The minimum absolute atomic E-state index is 0.0414. The van der Waals surface area contributed by atoms with E-state index in [-0.39, 0.29) is 18.0 Å². The zero-order valence-electron chi connectivity index (χ0n) is 12.8. The van der Waals surface area contributed by atoms with Crippen molar-refractivity contribution in [1.82, 2.24) is 10.6 Å². The molecule has 2 aromatic rings. The molecule has 0 saturated carbocycles. The van der Waals surface area contributed by atoms with Gasteiger partial charge >= 0.3 is 0 Å². The van der Waals surface area contributed by atoms with Gasteiger partial charge in [0.1, 0.15) is 0 Å². The standard InChI is InChI=1S/C19H20N2O2/c22-17-10-13-6-3-4-8-15(13)18(17)21-19(23)16-9-12-5-1-2-7-14(12)11-20-16/h1-8,16-18,20,22H,9-11H2,(H,21,23)/t16?,17-,18+/m0/s1. The maximum Gasteiger partial charge on any atom is 0.238 e. The molecule has 4 rings (SSSR count). The van der Waals surface area contributed by atoms with Crippen molar-refractivity contribution < 1.29 is 9.90 Å². The van der Waals surface area contributed by atoms with Gasteiger partial charge in [-0.15, -0.1) is 0 Å². The lowest BCUT2D eigenvalue weighted by atomic mass is 9.95. The number of aliphatic hydroxyl groups excluding tert-OH is 1. The Hall–Kier alpha value is -2.17. The molecule has 0 saturated heterocycles. The molecule has 4 heteroatoms. The maximum absolute atomic E-state index is 12.6. The first kappa shape index (κ1) is 14.4. The summed E-state index contributed by atoms with van der Waals surface area (Å²) in [7, 11) is 0. The summed E-state index contributed by atoms with van der Waals surface area (Å²) >= 11 is 0. The summed E-state index contributed by atoms with van der Waals surface area (Å²) in [5.74, 6) is -0.0414. The number of carbonyl (C=O) groups is 1. The molecule has 1 heterocycles. The second-order valence-electron chi connectivity index (χ2n) is 6.36. The van der Waals surface area contributed by atoms with Crippen molar-refractivity contribution in [1.29, 1.82) is 0 Å². The highest BCUT2D eigenvalue weighted by Crippen LogP contribution is 2.31. The molecular weight excluding hydrogens is 288 g/mol. The largest absolute Gasteiger partial charge is 0.390 e. The smallest absolute Gasteiger partial charge is 0.238 e. The van der Waals surface area contributed by atoms with E-state index in [1.807, 2.05) is 36.4 Å². The molecule has 4 nitrogen and oxygen atoms in total. The Labute approximate surface area is 135 Å². The molecule has 1 unspecified atom stereocenters. The van der Waals surface area contributed by atoms with Crippen LogP contribution in [0.15, 0.2) is 48.5 Å². The molecule has 118 valence electrons. The van der Waals surface area contributed by atoms with E-state index >= 15 is 0 Å². The molecule has 1 aliphatic carbocycles. The Kier molecular flexibility index (Phi) is 3.63. The Bertz CT molecular complexity index is 744. The van der Waals surface area contributed by atoms with Gasteiger partial charge in [0.25, 0.3) is 0 Å². The summed E-state index contributed by atoms with van der Waals surface area (Å²) < 4.78 is 0. The van der Waals surface area contributed by atoms with Gasteiger partial charge in [0.15, 0.2) is 0 Å². The minimum Gasteiger partial charge on any atom is -0.390 e. The quantitative estimate of drug-likeness (QED) is 0.787. The van der Waals surface area contributed by atoms with E-state index in [1.54, 1.807) is 0 Å². The molecule has 3 N–H and O–H groups in total. The molecule has 3 atom stereocenters. The fourth-order valence-electron chi connectivity index (χ4n) is 3.64. The highest BCUT2D eigenvalue weighted by molar-refractivity contribution is 5.83. The van der Waals surface area contributed by atoms with E-state index in [2.05, 4.69) is 22.8 Å². The monoisotopic (exact) mass is 308 g/mol. The molecule has 23 heavy (non-hydrogen) atoms. The van der Waals surface area contributed by atoms with E-state index in [9.17, 15) is 9.90 Å². The SMILES string of the molecule is O=C(N[C@@H]1c2ccccc2C[C@@H]1O)C1Cc2ccccc2CN1. The first-order valence-electron chi connectivity index (χ1n) is 8.09. The van der Waals surface area contributed by atoms with Crippen LogP contribution in [-0.4, -0.2) is 23.2 Å². The van der Waals surface area contributed by atoms with Crippen LogP contribution in [0.25, 0.3) is 0 Å². The highest BCUT2D eigenvalue weighted by Gasteiger charge is 2.34. The average molecular weight is 308 g/mol. The van der Waals surface area contributed by atoms with Crippen LogP contribution in [0.5, 0.6) is 0 Å². The summed E-state index contributed by atoms with van der Waals surface area (Å²) in [6.07, 6.45) is 0.737. The van der Waals surface area contributed by atoms with Gasteiger partial charge in [-0.2, -0.15) is 0 Å². The van der Waals surface area contributed by atoms with Gasteiger partial charge in [-0.1, -0.05) is 48.5 Å². The van der Waals surface area contributed by atoms with Crippen molar-refractivity contribution in [2.75, 3.05) is 0 Å². The molecule has 1 amide bonds. The lowest BCUT2D eigenvalue weighted by molar-refractivity contribution is -0.124. The predicted octanol–water partition coefficient (Wildman–Crippen LogP) is 1.48. The number of hydrogen-bond donors (Lipinski definition) is 3. The zero-order chi connectivity index (χ0) is 15.8. The third-order valence-corrected chi connectivity index (χ3v) is 4.90. The van der Waals surface area contributed by atoms with E-state index in [0.717, 1.165) is 11.1 Å². The highest BCUT2D eigenvalue weighted by atomic mass is 16.3. The van der Waals surface area contributed by atoms with Gasteiger partial charge in [-0.3, -0.25) is 4.79 Å². The van der Waals surface area contributed by atoms with E-state index < -0.39 is 6.10 Å². The van der Waals surface area contributed by atoms with Crippen LogP contribution < -0.4 is 10.6 Å². The van der Waals surface area contributed by atoms with Crippen LogP contribution in [0.3, 0.4) is 0 Å². The predicted molar refractivity (Wildman–Crippen MR) is 87.8 cm³/mol. The molecule has 2 aromatic carbocycles. The van der Waals surface area contributed by atoms with Crippen molar-refractivity contribution >= 4 is 5.91 Å². The number of amides is 1. The average Bonchev–Trinajstić information content (AvgIpc) is 2.90. The van der Waals surface area contributed by atoms with Gasteiger partial charge in [-0.25, -0.2) is 0 Å². The van der Waals surface area contributed by atoms with Crippen molar-refractivity contribution in [3.8, 4) is 0 Å². The van der Waals surface area contributed by atoms with Crippen molar-refractivity contribution in [3.05, 3.63) is 70.8 Å². The normalized spacial score (nSPS) is 25.5. The summed E-state index contributed by atoms with van der Waals surface area (Å²) in [5, 5.41) is 16.6. The van der Waals surface area contributed by atoms with E-state index in [0.29, 0.717) is 19.4 Å². The molecule has 2 aliphatic rings. The number of aliphatic hydroxyl groups is 1. The zero-order valence-corrected chi connectivity index (χ0v) is 12.8. The third kappa shape index (κ3) is 2.64. The van der Waals surface area contributed by atoms with Gasteiger partial charge in [0.2, 0.25) is 5.91 Å². The molecule has 0 fully saturated rings. The van der Waals surface area contributed by atoms with Crippen LogP contribution in [0.4, 0.5) is 0 Å². The molecular formula is C19H20N2O2. The van der Waals surface area contributed by atoms with E-state index in [1.165, 1.54) is 11.1 Å². The number of benzene rings is 2. The van der Waals surface area contributed by atoms with Crippen LogP contribution in [0, 0.1) is 0 Å². The van der Waals surface area contributed by atoms with Crippen molar-refractivity contribution in [3.63, 3.8) is 0 Å². The number of rotatable bonds is 2. The molecule has 0 aromatic heterocycles. The fraction of sp³-hybridized carbons (Fsp3) is 0.316. The fourth-order valence-corrected chi connectivity index (χ4v) is 3.64. The summed E-state index contributed by atoms with van der Waals surface area (Å²) in [4.78, 5) is 12.6. The second kappa shape index (κ2) is 5.80. The topological polar surface area (TPSA) is 61.4 Å². The van der Waals surface area contributed by atoms with Crippen LogP contribution in [0.1, 0.15) is 28.3 Å². The molecule has 1 aliphatic heterocycles. The lowest BCUT2D eigenvalue weighted by Crippen LogP contribution is -2.49. The Balaban J connectivity index is 1.49. The number of carbonyl (C=O) groups excluding carboxylic acids is 1. The van der Waals surface area contributed by atoms with Crippen LogP contribution in [0.2, 0.25) is 0 Å². The van der Waals surface area contributed by atoms with Crippen molar-refractivity contribution in [2.45, 2.75) is 37.6 Å². The van der Waals surface area contributed by atoms with Crippen LogP contribution >= 0.6 is 0 Å².